The van der Waals surface area contributed by atoms with Crippen molar-refractivity contribution in [3.8, 4) is 5.40 Å². The summed E-state index contributed by atoms with van der Waals surface area (Å²) in [6, 6.07) is 0. The summed E-state index contributed by atoms with van der Waals surface area (Å²) in [5.74, 6) is 3.91. The van der Waals surface area contributed by atoms with Gasteiger partial charge in [0.1, 0.15) is 5.40 Å². The molecule has 58 valence electrons. The number of rotatable bonds is 2. The van der Waals surface area contributed by atoms with Crippen LogP contribution in [-0.4, -0.2) is 17.3 Å². The zero-order chi connectivity index (χ0) is 7.45. The molecular formula is C7H13NS2. The summed E-state index contributed by atoms with van der Waals surface area (Å²) in [7, 11) is 1.08. The molecule has 0 aromatic rings. The highest BCUT2D eigenvalue weighted by Gasteiger charge is 2.27. The van der Waals surface area contributed by atoms with Crippen LogP contribution >= 0.6 is 19.9 Å². The van der Waals surface area contributed by atoms with Gasteiger partial charge in [-0.3, -0.25) is 0 Å². The lowest BCUT2D eigenvalue weighted by atomic mass is 10.4. The summed E-state index contributed by atoms with van der Waals surface area (Å²) in [6.07, 6.45) is 2.72. The topological polar surface area (TPSA) is 23.8 Å². The fourth-order valence-electron chi connectivity index (χ4n) is 1.34. The predicted octanol–water partition coefficient (Wildman–Crippen LogP) is 2.73. The minimum absolute atomic E-state index is 0.494. The first-order chi connectivity index (χ1) is 4.83. The standard InChI is InChI=1S/C7H13NS2/c1-2-10(9-7-8)5-3-4-6-10/h2-6H2,1H3. The summed E-state index contributed by atoms with van der Waals surface area (Å²) in [5.41, 5.74) is 0. The first-order valence-electron chi connectivity index (χ1n) is 3.67. The first-order valence-corrected chi connectivity index (χ1v) is 7.14. The van der Waals surface area contributed by atoms with E-state index in [-0.39, 0.29) is 0 Å². The van der Waals surface area contributed by atoms with Crippen LogP contribution in [0.25, 0.3) is 0 Å². The molecule has 0 aromatic heterocycles. The summed E-state index contributed by atoms with van der Waals surface area (Å²) >= 11 is 0. The fourth-order valence-corrected chi connectivity index (χ4v) is 6.06. The van der Waals surface area contributed by atoms with Crippen LogP contribution in [0, 0.1) is 10.7 Å². The first kappa shape index (κ1) is 8.29. The van der Waals surface area contributed by atoms with Gasteiger partial charge in [-0.15, -0.1) is 0 Å². The molecular weight excluding hydrogens is 162 g/mol. The Labute approximate surface area is 67.9 Å². The molecule has 0 atom stereocenters. The van der Waals surface area contributed by atoms with Gasteiger partial charge in [0.25, 0.3) is 0 Å². The van der Waals surface area contributed by atoms with Gasteiger partial charge in [0.05, 0.1) is 0 Å². The molecule has 1 rings (SSSR count). The van der Waals surface area contributed by atoms with E-state index in [9.17, 15) is 0 Å². The number of nitriles is 1. The maximum absolute atomic E-state index is 8.56. The van der Waals surface area contributed by atoms with Gasteiger partial charge in [0.15, 0.2) is 0 Å². The predicted molar refractivity (Wildman–Crippen MR) is 50.3 cm³/mol. The Morgan fingerprint density at radius 3 is 2.50 bits per heavy atom. The summed E-state index contributed by atoms with van der Waals surface area (Å²) < 4.78 is 0. The molecule has 10 heavy (non-hydrogen) atoms. The lowest BCUT2D eigenvalue weighted by molar-refractivity contribution is 0.949. The lowest BCUT2D eigenvalue weighted by Crippen LogP contribution is -1.98. The molecule has 1 aliphatic heterocycles. The molecule has 1 heterocycles. The average Bonchev–Trinajstić information content (AvgIpc) is 2.39. The molecule has 0 amide bonds. The van der Waals surface area contributed by atoms with Gasteiger partial charge >= 0.3 is 0 Å². The normalized spacial score (nSPS) is 25.6. The second kappa shape index (κ2) is 3.54. The van der Waals surface area contributed by atoms with Gasteiger partial charge in [0, 0.05) is 10.8 Å². The lowest BCUT2D eigenvalue weighted by Gasteiger charge is -2.29. The molecule has 0 aliphatic carbocycles. The van der Waals surface area contributed by atoms with E-state index in [0.29, 0.717) is 0 Å². The zero-order valence-corrected chi connectivity index (χ0v) is 7.93. The van der Waals surface area contributed by atoms with Crippen LogP contribution in [0.4, 0.5) is 0 Å². The largest absolute Gasteiger partial charge is 0.184 e. The van der Waals surface area contributed by atoms with E-state index in [1.165, 1.54) is 30.1 Å². The van der Waals surface area contributed by atoms with E-state index < -0.39 is 9.06 Å². The number of nitrogens with zero attached hydrogens (tertiary/aromatic N) is 1. The van der Waals surface area contributed by atoms with E-state index in [2.05, 4.69) is 12.3 Å². The molecule has 1 aliphatic rings. The van der Waals surface area contributed by atoms with Crippen LogP contribution in [0.15, 0.2) is 0 Å². The third kappa shape index (κ3) is 1.62. The van der Waals surface area contributed by atoms with Crippen molar-refractivity contribution >= 4 is 19.9 Å². The molecule has 0 saturated carbocycles. The molecule has 0 bridgehead atoms. The third-order valence-electron chi connectivity index (χ3n) is 2.02. The minimum atomic E-state index is -0.494. The summed E-state index contributed by atoms with van der Waals surface area (Å²) in [5, 5.41) is 10.8. The van der Waals surface area contributed by atoms with Crippen molar-refractivity contribution in [1.82, 2.24) is 0 Å². The quantitative estimate of drug-likeness (QED) is 0.476. The van der Waals surface area contributed by atoms with Crippen LogP contribution < -0.4 is 0 Å². The SMILES string of the molecule is CCS1(SC#N)CCCC1. The maximum Gasteiger partial charge on any atom is 0.143 e. The Bertz CT molecular complexity index is 144. The van der Waals surface area contributed by atoms with Crippen molar-refractivity contribution in [2.75, 3.05) is 17.3 Å². The second-order valence-electron chi connectivity index (χ2n) is 2.54. The van der Waals surface area contributed by atoms with Crippen LogP contribution in [0.1, 0.15) is 19.8 Å². The van der Waals surface area contributed by atoms with Gasteiger partial charge in [0.2, 0.25) is 0 Å². The molecule has 1 nitrogen and oxygen atoms in total. The van der Waals surface area contributed by atoms with Gasteiger partial charge in [-0.1, -0.05) is 6.92 Å². The third-order valence-corrected chi connectivity index (χ3v) is 8.56. The second-order valence-corrected chi connectivity index (χ2v) is 8.84. The van der Waals surface area contributed by atoms with E-state index in [0.717, 1.165) is 0 Å². The van der Waals surface area contributed by atoms with Crippen molar-refractivity contribution in [3.63, 3.8) is 0 Å². The van der Waals surface area contributed by atoms with Crippen LogP contribution in [0.5, 0.6) is 0 Å². The van der Waals surface area contributed by atoms with Gasteiger partial charge in [-0.2, -0.15) is 14.3 Å². The van der Waals surface area contributed by atoms with Crippen LogP contribution in [-0.2, 0) is 0 Å². The van der Waals surface area contributed by atoms with E-state index in [4.69, 9.17) is 5.26 Å². The van der Waals surface area contributed by atoms with Crippen LogP contribution in [0.2, 0.25) is 0 Å². The molecule has 3 heteroatoms. The molecule has 1 saturated heterocycles. The Balaban J connectivity index is 2.51. The monoisotopic (exact) mass is 175 g/mol. The van der Waals surface area contributed by atoms with Gasteiger partial charge in [-0.05, 0) is 30.1 Å². The Hall–Kier alpha value is 0.190. The van der Waals surface area contributed by atoms with Crippen molar-refractivity contribution in [2.24, 2.45) is 0 Å². The van der Waals surface area contributed by atoms with Crippen LogP contribution in [0.3, 0.4) is 0 Å². The summed E-state index contributed by atoms with van der Waals surface area (Å²) in [6.45, 7) is 2.23. The molecule has 0 radical (unpaired) electrons. The molecule has 1 fully saturated rings. The van der Waals surface area contributed by atoms with Crippen molar-refractivity contribution in [3.05, 3.63) is 0 Å². The zero-order valence-electron chi connectivity index (χ0n) is 6.30. The molecule has 0 aromatic carbocycles. The molecule has 0 N–H and O–H groups in total. The molecule has 0 unspecified atom stereocenters. The Morgan fingerprint density at radius 2 is 2.10 bits per heavy atom. The van der Waals surface area contributed by atoms with Crippen molar-refractivity contribution in [2.45, 2.75) is 19.8 Å². The fraction of sp³-hybridized carbons (Fsp3) is 0.857. The highest BCUT2D eigenvalue weighted by atomic mass is 33.2. The van der Waals surface area contributed by atoms with E-state index in [1.807, 2.05) is 0 Å². The van der Waals surface area contributed by atoms with Crippen molar-refractivity contribution in [1.29, 1.82) is 5.26 Å². The molecule has 0 spiro atoms. The summed E-state index contributed by atoms with van der Waals surface area (Å²) in [4.78, 5) is 0. The Morgan fingerprint density at radius 1 is 1.50 bits per heavy atom. The van der Waals surface area contributed by atoms with E-state index in [1.54, 1.807) is 10.8 Å². The smallest absolute Gasteiger partial charge is 0.143 e. The highest BCUT2D eigenvalue weighted by Crippen LogP contribution is 2.63. The number of hydrogen-bond acceptors (Lipinski definition) is 2. The van der Waals surface area contributed by atoms with Gasteiger partial charge in [-0.25, -0.2) is 0 Å². The van der Waals surface area contributed by atoms with E-state index >= 15 is 0 Å². The van der Waals surface area contributed by atoms with Gasteiger partial charge < -0.3 is 0 Å². The minimum Gasteiger partial charge on any atom is -0.184 e. The Kier molecular flexibility index (Phi) is 2.94. The highest BCUT2D eigenvalue weighted by molar-refractivity contribution is 8.95. The van der Waals surface area contributed by atoms with Crippen molar-refractivity contribution < 1.29 is 0 Å². The maximum atomic E-state index is 8.56. The number of hydrogen-bond donors (Lipinski definition) is 0. The number of thiocyanates is 1. The average molecular weight is 175 g/mol.